The third kappa shape index (κ3) is 5.08. The number of rotatable bonds is 7. The lowest BCUT2D eigenvalue weighted by atomic mass is 9.49. The van der Waals surface area contributed by atoms with Gasteiger partial charge in [0.15, 0.2) is 0 Å². The summed E-state index contributed by atoms with van der Waals surface area (Å²) in [5.41, 5.74) is 4.21. The zero-order valence-corrected chi connectivity index (χ0v) is 21.2. The Morgan fingerprint density at radius 1 is 0.778 bits per heavy atom. The summed E-state index contributed by atoms with van der Waals surface area (Å²) in [6.45, 7) is 3.95. The molecule has 36 heavy (non-hydrogen) atoms. The predicted molar refractivity (Wildman–Crippen MR) is 145 cm³/mol. The zero-order chi connectivity index (χ0) is 24.7. The Bertz CT molecular complexity index is 1220. The number of nitrogens with one attached hydrogen (secondary N) is 3. The van der Waals surface area contributed by atoms with Gasteiger partial charge in [-0.25, -0.2) is 9.97 Å². The van der Waals surface area contributed by atoms with E-state index >= 15 is 0 Å². The van der Waals surface area contributed by atoms with Crippen LogP contribution in [-0.4, -0.2) is 15.9 Å². The molecule has 0 unspecified atom stereocenters. The van der Waals surface area contributed by atoms with Crippen LogP contribution in [0.25, 0.3) is 0 Å². The molecular weight excluding hydrogens is 446 g/mol. The molecule has 0 spiro atoms. The first kappa shape index (κ1) is 23.0. The third-order valence-corrected chi connectivity index (χ3v) is 8.30. The maximum absolute atomic E-state index is 13.0. The normalized spacial score (nSPS) is 26.0. The van der Waals surface area contributed by atoms with E-state index in [0.29, 0.717) is 12.2 Å². The smallest absolute Gasteiger partial charge is 0.224 e. The van der Waals surface area contributed by atoms with Crippen LogP contribution in [0.2, 0.25) is 0 Å². The topological polar surface area (TPSA) is 78.9 Å². The molecule has 3 aromatic rings. The van der Waals surface area contributed by atoms with Crippen molar-refractivity contribution in [2.45, 2.75) is 58.8 Å². The van der Waals surface area contributed by atoms with E-state index in [-0.39, 0.29) is 11.3 Å². The van der Waals surface area contributed by atoms with Crippen molar-refractivity contribution in [1.82, 2.24) is 9.97 Å². The number of hydrogen-bond donors (Lipinski definition) is 3. The van der Waals surface area contributed by atoms with Gasteiger partial charge in [0.25, 0.3) is 0 Å². The second kappa shape index (κ2) is 9.23. The SMILES string of the molecule is Cc1ccc(Nc2cc(Nc3ccc(NC(=O)CC45CC6CC(CC(C6)C4)C5)cc3)nc(C)n2)cc1. The highest BCUT2D eigenvalue weighted by Crippen LogP contribution is 2.61. The fraction of sp³-hybridized carbons (Fsp3) is 0.433. The number of amides is 1. The van der Waals surface area contributed by atoms with Gasteiger partial charge in [0.05, 0.1) is 0 Å². The molecule has 6 heteroatoms. The van der Waals surface area contributed by atoms with Crippen molar-refractivity contribution in [2.75, 3.05) is 16.0 Å². The molecule has 4 aliphatic carbocycles. The van der Waals surface area contributed by atoms with Gasteiger partial charge in [-0.05, 0) is 112 Å². The Kier molecular flexibility index (Phi) is 5.90. The van der Waals surface area contributed by atoms with Crippen molar-refractivity contribution in [2.24, 2.45) is 23.2 Å². The molecule has 4 aliphatic rings. The summed E-state index contributed by atoms with van der Waals surface area (Å²) < 4.78 is 0. The van der Waals surface area contributed by atoms with Gasteiger partial charge >= 0.3 is 0 Å². The van der Waals surface area contributed by atoms with Crippen molar-refractivity contribution in [3.8, 4) is 0 Å². The molecule has 4 bridgehead atoms. The van der Waals surface area contributed by atoms with Crippen LogP contribution >= 0.6 is 0 Å². The first-order chi connectivity index (χ1) is 17.4. The minimum Gasteiger partial charge on any atom is -0.340 e. The molecule has 186 valence electrons. The van der Waals surface area contributed by atoms with Crippen molar-refractivity contribution in [3.63, 3.8) is 0 Å². The lowest BCUT2D eigenvalue weighted by molar-refractivity contribution is -0.124. The molecule has 1 heterocycles. The number of nitrogens with zero attached hydrogens (tertiary/aromatic N) is 2. The van der Waals surface area contributed by atoms with E-state index in [4.69, 9.17) is 0 Å². The molecular formula is C30H35N5O. The summed E-state index contributed by atoms with van der Waals surface area (Å²) in [6.07, 6.45) is 8.67. The molecule has 1 aromatic heterocycles. The van der Waals surface area contributed by atoms with Gasteiger partial charge in [-0.3, -0.25) is 4.79 Å². The van der Waals surface area contributed by atoms with Crippen LogP contribution in [0.3, 0.4) is 0 Å². The fourth-order valence-electron chi connectivity index (χ4n) is 7.32. The van der Waals surface area contributed by atoms with E-state index in [9.17, 15) is 4.79 Å². The van der Waals surface area contributed by atoms with E-state index in [1.807, 2.05) is 49.4 Å². The first-order valence-corrected chi connectivity index (χ1v) is 13.3. The summed E-state index contributed by atoms with van der Waals surface area (Å²) in [6, 6.07) is 18.0. The standard InChI is InChI=1S/C30H35N5O/c1-19-3-5-24(6-4-19)33-27-14-28(32-20(2)31-27)34-25-7-9-26(10-8-25)35-29(36)18-30-15-21-11-22(16-30)13-23(12-21)17-30/h3-10,14,21-23H,11-13,15-18H2,1-2H3,(H,35,36)(H2,31,32,33,34). The zero-order valence-electron chi connectivity index (χ0n) is 21.2. The molecule has 4 saturated carbocycles. The molecule has 4 fully saturated rings. The van der Waals surface area contributed by atoms with E-state index in [0.717, 1.165) is 46.5 Å². The van der Waals surface area contributed by atoms with Crippen molar-refractivity contribution in [3.05, 3.63) is 66.0 Å². The van der Waals surface area contributed by atoms with Crippen LogP contribution in [0.4, 0.5) is 28.7 Å². The quantitative estimate of drug-likeness (QED) is 0.335. The number of carbonyl (C=O) groups is 1. The first-order valence-electron chi connectivity index (χ1n) is 13.3. The second-order valence-electron chi connectivity index (χ2n) is 11.5. The Labute approximate surface area is 213 Å². The average molecular weight is 482 g/mol. The summed E-state index contributed by atoms with van der Waals surface area (Å²) in [4.78, 5) is 22.0. The Hall–Kier alpha value is -3.41. The highest BCUT2D eigenvalue weighted by atomic mass is 16.1. The van der Waals surface area contributed by atoms with Crippen LogP contribution in [0, 0.1) is 37.0 Å². The van der Waals surface area contributed by atoms with Crippen LogP contribution in [0.1, 0.15) is 56.3 Å². The van der Waals surface area contributed by atoms with E-state index in [1.165, 1.54) is 44.1 Å². The average Bonchev–Trinajstić information content (AvgIpc) is 2.80. The van der Waals surface area contributed by atoms with Gasteiger partial charge in [0.1, 0.15) is 17.5 Å². The molecule has 0 aliphatic heterocycles. The number of benzene rings is 2. The highest BCUT2D eigenvalue weighted by Gasteiger charge is 2.51. The molecule has 3 N–H and O–H groups in total. The molecule has 1 amide bonds. The van der Waals surface area contributed by atoms with Gasteiger partial charge in [-0.1, -0.05) is 17.7 Å². The summed E-state index contributed by atoms with van der Waals surface area (Å²) in [5.74, 6) is 4.91. The summed E-state index contributed by atoms with van der Waals surface area (Å²) in [7, 11) is 0. The number of hydrogen-bond acceptors (Lipinski definition) is 5. The van der Waals surface area contributed by atoms with Crippen LogP contribution in [0.15, 0.2) is 54.6 Å². The maximum atomic E-state index is 13.0. The molecule has 0 radical (unpaired) electrons. The van der Waals surface area contributed by atoms with Gasteiger partial charge in [-0.15, -0.1) is 0 Å². The largest absolute Gasteiger partial charge is 0.340 e. The lowest BCUT2D eigenvalue weighted by Gasteiger charge is -2.56. The Morgan fingerprint density at radius 3 is 1.78 bits per heavy atom. The van der Waals surface area contributed by atoms with Gasteiger partial charge in [-0.2, -0.15) is 0 Å². The van der Waals surface area contributed by atoms with Crippen molar-refractivity contribution >= 4 is 34.6 Å². The monoisotopic (exact) mass is 481 g/mol. The van der Waals surface area contributed by atoms with Crippen molar-refractivity contribution in [1.29, 1.82) is 0 Å². The fourth-order valence-corrected chi connectivity index (χ4v) is 7.32. The lowest BCUT2D eigenvalue weighted by Crippen LogP contribution is -2.47. The molecule has 0 atom stereocenters. The van der Waals surface area contributed by atoms with Crippen LogP contribution < -0.4 is 16.0 Å². The number of carbonyl (C=O) groups excluding carboxylic acids is 1. The predicted octanol–water partition coefficient (Wildman–Crippen LogP) is 7.13. The molecule has 2 aromatic carbocycles. The minimum absolute atomic E-state index is 0.163. The Morgan fingerprint density at radius 2 is 1.25 bits per heavy atom. The number of aromatic nitrogens is 2. The Balaban J connectivity index is 1.07. The van der Waals surface area contributed by atoms with E-state index < -0.39 is 0 Å². The van der Waals surface area contributed by atoms with E-state index in [2.05, 4.69) is 45.0 Å². The summed E-state index contributed by atoms with van der Waals surface area (Å²) >= 11 is 0. The molecule has 6 nitrogen and oxygen atoms in total. The van der Waals surface area contributed by atoms with Gasteiger partial charge in [0.2, 0.25) is 5.91 Å². The van der Waals surface area contributed by atoms with Gasteiger partial charge < -0.3 is 16.0 Å². The third-order valence-electron chi connectivity index (χ3n) is 8.30. The number of aryl methyl sites for hydroxylation is 2. The second-order valence-corrected chi connectivity index (χ2v) is 11.5. The van der Waals surface area contributed by atoms with Crippen molar-refractivity contribution < 1.29 is 4.79 Å². The summed E-state index contributed by atoms with van der Waals surface area (Å²) in [5, 5.41) is 9.86. The van der Waals surface area contributed by atoms with Crippen LogP contribution in [-0.2, 0) is 4.79 Å². The molecule has 0 saturated heterocycles. The van der Waals surface area contributed by atoms with Gasteiger partial charge in [0, 0.05) is 29.5 Å². The van der Waals surface area contributed by atoms with Crippen LogP contribution in [0.5, 0.6) is 0 Å². The van der Waals surface area contributed by atoms with E-state index in [1.54, 1.807) is 0 Å². The minimum atomic E-state index is 0.163. The number of anilines is 5. The molecule has 7 rings (SSSR count). The highest BCUT2D eigenvalue weighted by molar-refractivity contribution is 5.91. The maximum Gasteiger partial charge on any atom is 0.224 e.